The van der Waals surface area contributed by atoms with Gasteiger partial charge in [0.15, 0.2) is 6.61 Å². The van der Waals surface area contributed by atoms with Crippen molar-refractivity contribution in [2.75, 3.05) is 7.11 Å². The Balaban J connectivity index is 1.50. The molecule has 0 aliphatic heterocycles. The second kappa shape index (κ2) is 7.66. The van der Waals surface area contributed by atoms with Crippen molar-refractivity contribution in [2.45, 2.75) is 26.4 Å². The highest BCUT2D eigenvalue weighted by molar-refractivity contribution is 5.90. The molecule has 10 nitrogen and oxygen atoms in total. The fourth-order valence-corrected chi connectivity index (χ4v) is 2.88. The largest absolute Gasteiger partial charge is 0.497 e. The minimum Gasteiger partial charge on any atom is -0.497 e. The van der Waals surface area contributed by atoms with Crippen LogP contribution < -0.4 is 4.74 Å². The number of hydrogen-bond acceptors (Lipinski definition) is 9. The van der Waals surface area contributed by atoms with E-state index in [1.165, 1.54) is 17.0 Å². The molecule has 10 heteroatoms. The number of methoxy groups -OCH3 is 1. The Hall–Kier alpha value is -3.82. The van der Waals surface area contributed by atoms with Gasteiger partial charge >= 0.3 is 5.97 Å². The van der Waals surface area contributed by atoms with Crippen LogP contribution in [0.15, 0.2) is 41.3 Å². The summed E-state index contributed by atoms with van der Waals surface area (Å²) < 4.78 is 17.3. The van der Waals surface area contributed by atoms with E-state index in [0.29, 0.717) is 22.9 Å². The van der Waals surface area contributed by atoms with Crippen LogP contribution in [0.1, 0.15) is 41.6 Å². The molecule has 0 fully saturated rings. The van der Waals surface area contributed by atoms with Crippen molar-refractivity contribution in [3.63, 3.8) is 0 Å². The van der Waals surface area contributed by atoms with E-state index in [4.69, 9.17) is 14.0 Å². The van der Waals surface area contributed by atoms with Gasteiger partial charge in [0.05, 0.1) is 18.4 Å². The molecule has 0 atom stereocenters. The van der Waals surface area contributed by atoms with Gasteiger partial charge in [0.25, 0.3) is 11.7 Å². The molecule has 0 aliphatic rings. The lowest BCUT2D eigenvalue weighted by atomic mass is 10.1. The number of esters is 1. The smallest absolute Gasteiger partial charge is 0.342 e. The molecule has 0 amide bonds. The van der Waals surface area contributed by atoms with Crippen molar-refractivity contribution in [1.29, 1.82) is 0 Å². The van der Waals surface area contributed by atoms with Gasteiger partial charge in [-0.1, -0.05) is 19.0 Å². The maximum atomic E-state index is 12.6. The fourth-order valence-electron chi connectivity index (χ4n) is 2.88. The summed E-state index contributed by atoms with van der Waals surface area (Å²) >= 11 is 0. The average molecular weight is 394 g/mol. The van der Waals surface area contributed by atoms with E-state index in [1.807, 2.05) is 13.8 Å². The summed E-state index contributed by atoms with van der Waals surface area (Å²) in [6.07, 6.45) is 2.84. The first-order chi connectivity index (χ1) is 14.1. The van der Waals surface area contributed by atoms with E-state index in [-0.39, 0.29) is 18.3 Å². The maximum Gasteiger partial charge on any atom is 0.342 e. The molecule has 0 bridgehead atoms. The van der Waals surface area contributed by atoms with Crippen LogP contribution in [0.4, 0.5) is 0 Å². The molecule has 29 heavy (non-hydrogen) atoms. The summed E-state index contributed by atoms with van der Waals surface area (Å²) in [7, 11) is 1.59. The lowest BCUT2D eigenvalue weighted by molar-refractivity contribution is 0.0456. The molecule has 0 radical (unpaired) electrons. The van der Waals surface area contributed by atoms with Gasteiger partial charge in [-0.2, -0.15) is 15.1 Å². The highest BCUT2D eigenvalue weighted by atomic mass is 16.5. The number of fused-ring (bicyclic) bond motifs is 1. The van der Waals surface area contributed by atoms with Crippen LogP contribution in [0.3, 0.4) is 0 Å². The van der Waals surface area contributed by atoms with Crippen LogP contribution in [-0.4, -0.2) is 42.8 Å². The fraction of sp³-hybridized carbons (Fsp3) is 0.263. The minimum absolute atomic E-state index is 0.0107. The van der Waals surface area contributed by atoms with Crippen LogP contribution in [0.2, 0.25) is 0 Å². The molecule has 0 N–H and O–H groups in total. The van der Waals surface area contributed by atoms with Crippen molar-refractivity contribution in [2.24, 2.45) is 0 Å². The third kappa shape index (κ3) is 3.64. The molecular weight excluding hydrogens is 376 g/mol. The molecule has 148 valence electrons. The van der Waals surface area contributed by atoms with Gasteiger partial charge in [-0.25, -0.2) is 14.3 Å². The first kappa shape index (κ1) is 18.5. The number of benzene rings is 1. The zero-order valence-electron chi connectivity index (χ0n) is 16.1. The quantitative estimate of drug-likeness (QED) is 0.455. The number of ether oxygens (including phenoxy) is 2. The monoisotopic (exact) mass is 394 g/mol. The highest BCUT2D eigenvalue weighted by Gasteiger charge is 2.21. The molecule has 0 aliphatic carbocycles. The Morgan fingerprint density at radius 1 is 1.21 bits per heavy atom. The van der Waals surface area contributed by atoms with Crippen molar-refractivity contribution < 1.29 is 18.8 Å². The standard InChI is InChI=1S/C19H18N6O4/c1-11(2)16-14(8-20-19-21-10-22-25(16)19)18(26)28-9-15-23-17(29-24-15)12-4-6-13(27-3)7-5-12/h4-8,10-11H,9H2,1-3H3. The van der Waals surface area contributed by atoms with Crippen LogP contribution in [0.25, 0.3) is 17.2 Å². The van der Waals surface area contributed by atoms with Crippen molar-refractivity contribution >= 4 is 11.7 Å². The number of hydrogen-bond donors (Lipinski definition) is 0. The number of carbonyl (C=O) groups excluding carboxylic acids is 1. The Labute approximate surface area is 165 Å². The first-order valence-electron chi connectivity index (χ1n) is 8.89. The molecule has 0 saturated carbocycles. The third-order valence-electron chi connectivity index (χ3n) is 4.25. The summed E-state index contributed by atoms with van der Waals surface area (Å²) in [4.78, 5) is 25.1. The molecule has 1 aromatic carbocycles. The summed E-state index contributed by atoms with van der Waals surface area (Å²) in [5.74, 6) is 1.19. The van der Waals surface area contributed by atoms with Gasteiger partial charge in [0, 0.05) is 11.8 Å². The highest BCUT2D eigenvalue weighted by Crippen LogP contribution is 2.22. The maximum absolute atomic E-state index is 12.6. The Bertz CT molecular complexity index is 1150. The summed E-state index contributed by atoms with van der Waals surface area (Å²) in [5, 5.41) is 8.00. The predicted octanol–water partition coefficient (Wildman–Crippen LogP) is 2.66. The summed E-state index contributed by atoms with van der Waals surface area (Å²) in [6.45, 7) is 3.77. The Morgan fingerprint density at radius 2 is 2.00 bits per heavy atom. The molecule has 4 aromatic rings. The number of nitrogens with zero attached hydrogens (tertiary/aromatic N) is 6. The number of aromatic nitrogens is 6. The van der Waals surface area contributed by atoms with E-state index in [1.54, 1.807) is 31.4 Å². The van der Waals surface area contributed by atoms with E-state index in [9.17, 15) is 4.79 Å². The van der Waals surface area contributed by atoms with E-state index in [0.717, 1.165) is 11.3 Å². The number of carbonyl (C=O) groups is 1. The second-order valence-corrected chi connectivity index (χ2v) is 6.50. The van der Waals surface area contributed by atoms with Gasteiger partial charge in [0.2, 0.25) is 5.82 Å². The van der Waals surface area contributed by atoms with Crippen LogP contribution in [0.5, 0.6) is 5.75 Å². The molecule has 0 spiro atoms. The average Bonchev–Trinajstić information content (AvgIpc) is 3.40. The van der Waals surface area contributed by atoms with Gasteiger partial charge in [-0.05, 0) is 30.2 Å². The van der Waals surface area contributed by atoms with E-state index < -0.39 is 5.97 Å². The predicted molar refractivity (Wildman–Crippen MR) is 100 cm³/mol. The Morgan fingerprint density at radius 3 is 2.72 bits per heavy atom. The van der Waals surface area contributed by atoms with Crippen molar-refractivity contribution in [3.05, 3.63) is 53.9 Å². The topological polar surface area (TPSA) is 118 Å². The van der Waals surface area contributed by atoms with Crippen LogP contribution in [0, 0.1) is 0 Å². The number of rotatable bonds is 6. The third-order valence-corrected chi connectivity index (χ3v) is 4.25. The van der Waals surface area contributed by atoms with Crippen LogP contribution in [-0.2, 0) is 11.3 Å². The van der Waals surface area contributed by atoms with Crippen molar-refractivity contribution in [3.8, 4) is 17.2 Å². The summed E-state index contributed by atoms with van der Waals surface area (Å²) in [6, 6.07) is 7.19. The molecule has 0 saturated heterocycles. The van der Waals surface area contributed by atoms with Crippen LogP contribution >= 0.6 is 0 Å². The molecule has 3 aromatic heterocycles. The minimum atomic E-state index is -0.547. The lowest BCUT2D eigenvalue weighted by Gasteiger charge is -2.12. The normalized spacial score (nSPS) is 11.2. The van der Waals surface area contributed by atoms with Gasteiger partial charge in [-0.3, -0.25) is 0 Å². The molecule has 4 rings (SSSR count). The van der Waals surface area contributed by atoms with E-state index >= 15 is 0 Å². The Kier molecular flexibility index (Phi) is 4.90. The zero-order chi connectivity index (χ0) is 20.4. The van der Waals surface area contributed by atoms with E-state index in [2.05, 4.69) is 25.2 Å². The van der Waals surface area contributed by atoms with Gasteiger partial charge in [0.1, 0.15) is 12.1 Å². The lowest BCUT2D eigenvalue weighted by Crippen LogP contribution is -2.15. The second-order valence-electron chi connectivity index (χ2n) is 6.50. The molecule has 0 unspecified atom stereocenters. The zero-order valence-corrected chi connectivity index (χ0v) is 16.1. The summed E-state index contributed by atoms with van der Waals surface area (Å²) in [5.41, 5.74) is 1.72. The first-order valence-corrected chi connectivity index (χ1v) is 8.89. The SMILES string of the molecule is COc1ccc(-c2nc(COC(=O)c3cnc4ncnn4c3C(C)C)no2)cc1. The molecule has 3 heterocycles. The van der Waals surface area contributed by atoms with Gasteiger partial charge < -0.3 is 14.0 Å². The van der Waals surface area contributed by atoms with Crippen molar-refractivity contribution in [1.82, 2.24) is 29.7 Å². The van der Waals surface area contributed by atoms with Gasteiger partial charge in [-0.15, -0.1) is 0 Å². The molecular formula is C19H18N6O4.